The molecule has 0 radical (unpaired) electrons. The summed E-state index contributed by atoms with van der Waals surface area (Å²) in [7, 11) is 1.62. The minimum Gasteiger partial charge on any atom is -0.493 e. The monoisotopic (exact) mass is 424 g/mol. The fourth-order valence-corrected chi connectivity index (χ4v) is 2.95. The summed E-state index contributed by atoms with van der Waals surface area (Å²) < 4.78 is 12.8. The Morgan fingerprint density at radius 2 is 2.08 bits per heavy atom. The molecular weight excluding hydrogens is 400 g/mol. The fraction of sp³-hybridized carbons (Fsp3) is 0.444. The maximum Gasteiger partial charge on any atom is 0.283 e. The van der Waals surface area contributed by atoms with Gasteiger partial charge < -0.3 is 20.5 Å². The molecule has 2 rings (SSSR count). The highest BCUT2D eigenvalue weighted by atomic mass is 79.9. The number of nitrogens with zero attached hydrogens (tertiary/aromatic N) is 2. The highest BCUT2D eigenvalue weighted by molar-refractivity contribution is 9.10. The maximum absolute atomic E-state index is 12.2. The average Bonchev–Trinajstić information content (AvgIpc) is 2.65. The van der Waals surface area contributed by atoms with Gasteiger partial charge in [0.25, 0.3) is 5.56 Å². The molecule has 0 saturated heterocycles. The third-order valence-corrected chi connectivity index (χ3v) is 4.61. The van der Waals surface area contributed by atoms with Gasteiger partial charge in [0.2, 0.25) is 0 Å². The lowest BCUT2D eigenvalue weighted by atomic mass is 10.2. The van der Waals surface area contributed by atoms with Crippen LogP contribution in [0.3, 0.4) is 0 Å². The van der Waals surface area contributed by atoms with Crippen LogP contribution in [0.4, 0.5) is 11.5 Å². The molecule has 0 aliphatic heterocycles. The maximum atomic E-state index is 12.2. The Kier molecular flexibility index (Phi) is 7.32. The summed E-state index contributed by atoms with van der Waals surface area (Å²) in [6.45, 7) is 5.52. The summed E-state index contributed by atoms with van der Waals surface area (Å²) in [5.41, 5.74) is 7.22. The molecule has 0 aliphatic carbocycles. The molecule has 0 unspecified atom stereocenters. The molecule has 26 heavy (non-hydrogen) atoms. The van der Waals surface area contributed by atoms with E-state index in [2.05, 4.69) is 33.3 Å². The highest BCUT2D eigenvalue weighted by Gasteiger charge is 2.13. The van der Waals surface area contributed by atoms with Crippen LogP contribution in [0.15, 0.2) is 27.5 Å². The molecule has 2 aromatic rings. The van der Waals surface area contributed by atoms with Gasteiger partial charge in [-0.2, -0.15) is 5.10 Å². The standard InChI is InChI=1S/C18H25BrN4O3/c1-4-6-9-26-14-10-12(7-8-13(14)25-3)11-21-16-15(19)18(24)23(5-2)22-17(16)20/h7-8,10,21H,4-6,9,11H2,1-3H3,(H2,20,22). The number of halogens is 1. The Hall–Kier alpha value is -2.22. The molecule has 0 bridgehead atoms. The van der Waals surface area contributed by atoms with Gasteiger partial charge in [0.15, 0.2) is 17.3 Å². The van der Waals surface area contributed by atoms with Gasteiger partial charge in [-0.15, -0.1) is 0 Å². The summed E-state index contributed by atoms with van der Waals surface area (Å²) in [6.07, 6.45) is 2.04. The molecule has 1 aromatic carbocycles. The van der Waals surface area contributed by atoms with E-state index >= 15 is 0 Å². The van der Waals surface area contributed by atoms with Crippen molar-refractivity contribution in [3.8, 4) is 11.5 Å². The van der Waals surface area contributed by atoms with E-state index in [-0.39, 0.29) is 11.4 Å². The molecule has 1 aromatic heterocycles. The van der Waals surface area contributed by atoms with Gasteiger partial charge in [-0.3, -0.25) is 4.79 Å². The van der Waals surface area contributed by atoms with Gasteiger partial charge in [0, 0.05) is 13.1 Å². The van der Waals surface area contributed by atoms with Crippen LogP contribution in [-0.4, -0.2) is 23.5 Å². The van der Waals surface area contributed by atoms with Crippen LogP contribution in [0, 0.1) is 0 Å². The van der Waals surface area contributed by atoms with Crippen LogP contribution < -0.4 is 26.1 Å². The first-order valence-electron chi connectivity index (χ1n) is 8.61. The first kappa shape index (κ1) is 20.1. The van der Waals surface area contributed by atoms with E-state index in [0.29, 0.717) is 41.4 Å². The lowest BCUT2D eigenvalue weighted by Crippen LogP contribution is -2.25. The number of nitrogen functional groups attached to an aromatic ring is 1. The number of hydrogen-bond acceptors (Lipinski definition) is 6. The van der Waals surface area contributed by atoms with Gasteiger partial charge in [-0.1, -0.05) is 19.4 Å². The summed E-state index contributed by atoms with van der Waals surface area (Å²) in [6, 6.07) is 5.72. The van der Waals surface area contributed by atoms with Crippen molar-refractivity contribution in [3.63, 3.8) is 0 Å². The molecule has 0 spiro atoms. The molecule has 0 aliphatic rings. The minimum atomic E-state index is -0.220. The Balaban J connectivity index is 2.18. The number of aromatic nitrogens is 2. The van der Waals surface area contributed by atoms with Crippen LogP contribution in [-0.2, 0) is 13.1 Å². The average molecular weight is 425 g/mol. The number of unbranched alkanes of at least 4 members (excludes halogenated alkanes) is 1. The number of nitrogens with two attached hydrogens (primary N) is 1. The van der Waals surface area contributed by atoms with Crippen molar-refractivity contribution in [2.45, 2.75) is 39.8 Å². The van der Waals surface area contributed by atoms with Crippen molar-refractivity contribution >= 4 is 27.4 Å². The quantitative estimate of drug-likeness (QED) is 0.599. The zero-order chi connectivity index (χ0) is 19.1. The van der Waals surface area contributed by atoms with Crippen LogP contribution in [0.5, 0.6) is 11.5 Å². The van der Waals surface area contributed by atoms with Crippen LogP contribution in [0.25, 0.3) is 0 Å². The van der Waals surface area contributed by atoms with E-state index in [1.54, 1.807) is 7.11 Å². The lowest BCUT2D eigenvalue weighted by molar-refractivity contribution is 0.288. The van der Waals surface area contributed by atoms with Crippen LogP contribution >= 0.6 is 15.9 Å². The highest BCUT2D eigenvalue weighted by Crippen LogP contribution is 2.29. The Morgan fingerprint density at radius 1 is 1.31 bits per heavy atom. The van der Waals surface area contributed by atoms with Crippen molar-refractivity contribution in [2.75, 3.05) is 24.8 Å². The first-order valence-corrected chi connectivity index (χ1v) is 9.40. The van der Waals surface area contributed by atoms with Gasteiger partial charge in [0.05, 0.1) is 19.4 Å². The van der Waals surface area contributed by atoms with Crippen molar-refractivity contribution in [2.24, 2.45) is 0 Å². The predicted molar refractivity (Wildman–Crippen MR) is 107 cm³/mol. The summed E-state index contributed by atoms with van der Waals surface area (Å²) >= 11 is 3.32. The molecule has 0 saturated carbocycles. The zero-order valence-electron chi connectivity index (χ0n) is 15.3. The van der Waals surface area contributed by atoms with Crippen molar-refractivity contribution < 1.29 is 9.47 Å². The number of nitrogens with one attached hydrogen (secondary N) is 1. The molecular formula is C18H25BrN4O3. The molecule has 0 amide bonds. The van der Waals surface area contributed by atoms with Gasteiger partial charge >= 0.3 is 0 Å². The number of hydrogen-bond donors (Lipinski definition) is 2. The smallest absolute Gasteiger partial charge is 0.283 e. The van der Waals surface area contributed by atoms with Crippen LogP contribution in [0.1, 0.15) is 32.3 Å². The second kappa shape index (κ2) is 9.47. The van der Waals surface area contributed by atoms with Crippen molar-refractivity contribution in [1.29, 1.82) is 0 Å². The number of aryl methyl sites for hydroxylation is 1. The molecule has 8 heteroatoms. The van der Waals surface area contributed by atoms with E-state index < -0.39 is 0 Å². The third-order valence-electron chi connectivity index (χ3n) is 3.88. The minimum absolute atomic E-state index is 0.220. The zero-order valence-corrected chi connectivity index (χ0v) is 16.9. The molecule has 142 valence electrons. The summed E-state index contributed by atoms with van der Waals surface area (Å²) in [5.74, 6) is 1.66. The van der Waals surface area contributed by atoms with E-state index in [1.807, 2.05) is 25.1 Å². The molecule has 0 atom stereocenters. The number of methoxy groups -OCH3 is 1. The van der Waals surface area contributed by atoms with E-state index in [0.717, 1.165) is 18.4 Å². The second-order valence-electron chi connectivity index (χ2n) is 5.74. The van der Waals surface area contributed by atoms with Crippen molar-refractivity contribution in [3.05, 3.63) is 38.6 Å². The van der Waals surface area contributed by atoms with Gasteiger partial charge in [-0.25, -0.2) is 4.68 Å². The topological polar surface area (TPSA) is 91.4 Å². The Morgan fingerprint density at radius 3 is 2.73 bits per heavy atom. The largest absolute Gasteiger partial charge is 0.493 e. The Labute approximate surface area is 161 Å². The molecule has 0 fully saturated rings. The summed E-state index contributed by atoms with van der Waals surface area (Å²) in [4.78, 5) is 12.2. The SMILES string of the molecule is CCCCOc1cc(CNc2c(N)nn(CC)c(=O)c2Br)ccc1OC. The van der Waals surface area contributed by atoms with Gasteiger partial charge in [0.1, 0.15) is 4.47 Å². The molecule has 7 nitrogen and oxygen atoms in total. The van der Waals surface area contributed by atoms with E-state index in [9.17, 15) is 4.79 Å². The lowest BCUT2D eigenvalue weighted by Gasteiger charge is -2.15. The van der Waals surface area contributed by atoms with E-state index in [1.165, 1.54) is 4.68 Å². The third kappa shape index (κ3) is 4.69. The van der Waals surface area contributed by atoms with Crippen LogP contribution in [0.2, 0.25) is 0 Å². The second-order valence-corrected chi connectivity index (χ2v) is 6.53. The first-order chi connectivity index (χ1) is 12.5. The Bertz CT molecular complexity index is 808. The number of rotatable bonds is 9. The normalized spacial score (nSPS) is 10.6. The number of ether oxygens (including phenoxy) is 2. The van der Waals surface area contributed by atoms with Gasteiger partial charge in [-0.05, 0) is 47.0 Å². The van der Waals surface area contributed by atoms with E-state index in [4.69, 9.17) is 15.2 Å². The fourth-order valence-electron chi connectivity index (χ4n) is 2.40. The van der Waals surface area contributed by atoms with Crippen molar-refractivity contribution in [1.82, 2.24) is 9.78 Å². The number of benzene rings is 1. The number of anilines is 2. The summed E-state index contributed by atoms with van der Waals surface area (Å²) in [5, 5.41) is 7.28. The predicted octanol–water partition coefficient (Wildman–Crippen LogP) is 3.41. The molecule has 3 N–H and O–H groups in total. The molecule has 1 heterocycles.